The van der Waals surface area contributed by atoms with Gasteiger partial charge >= 0.3 is 0 Å². The molecule has 0 spiro atoms. The van der Waals surface area contributed by atoms with E-state index < -0.39 is 16.4 Å². The minimum absolute atomic E-state index is 0.0981. The first kappa shape index (κ1) is 20.7. The Morgan fingerprint density at radius 1 is 0.938 bits per heavy atom. The van der Waals surface area contributed by atoms with Crippen LogP contribution in [0.15, 0.2) is 89.7 Å². The summed E-state index contributed by atoms with van der Waals surface area (Å²) in [4.78, 5) is 36.9. The van der Waals surface area contributed by atoms with E-state index in [1.807, 2.05) is 48.5 Å². The minimum Gasteiger partial charge on any atom is -0.322 e. The van der Waals surface area contributed by atoms with Gasteiger partial charge in [-0.1, -0.05) is 66.7 Å². The summed E-state index contributed by atoms with van der Waals surface area (Å²) in [5.41, 5.74) is 1.63. The van der Waals surface area contributed by atoms with Crippen LogP contribution >= 0.6 is 0 Å². The zero-order valence-corrected chi connectivity index (χ0v) is 17.1. The fraction of sp³-hybridized carbons (Fsp3) is 0.0417. The van der Waals surface area contributed by atoms with E-state index in [0.717, 1.165) is 10.2 Å². The molecule has 3 aromatic carbocycles. The highest BCUT2D eigenvalue weighted by atomic mass is 16.6. The van der Waals surface area contributed by atoms with E-state index in [4.69, 9.17) is 0 Å². The topological polar surface area (TPSA) is 107 Å². The molecule has 0 aliphatic heterocycles. The van der Waals surface area contributed by atoms with Crippen molar-refractivity contribution in [3.63, 3.8) is 0 Å². The van der Waals surface area contributed by atoms with Gasteiger partial charge < -0.3 is 5.32 Å². The van der Waals surface area contributed by atoms with E-state index in [1.54, 1.807) is 12.1 Å². The van der Waals surface area contributed by atoms with Gasteiger partial charge in [0.15, 0.2) is 0 Å². The second kappa shape index (κ2) is 8.65. The van der Waals surface area contributed by atoms with E-state index in [2.05, 4.69) is 10.4 Å². The molecule has 158 valence electrons. The highest BCUT2D eigenvalue weighted by Crippen LogP contribution is 2.32. The summed E-state index contributed by atoms with van der Waals surface area (Å²) in [7, 11) is 1.48. The van der Waals surface area contributed by atoms with Gasteiger partial charge in [-0.25, -0.2) is 4.68 Å². The summed E-state index contributed by atoms with van der Waals surface area (Å²) in [5.74, 6) is -0.676. The fourth-order valence-corrected chi connectivity index (χ4v) is 3.42. The number of nitro groups is 1. The molecule has 1 amide bonds. The van der Waals surface area contributed by atoms with E-state index in [1.165, 1.54) is 31.3 Å². The van der Waals surface area contributed by atoms with Gasteiger partial charge in [-0.3, -0.25) is 19.7 Å². The van der Waals surface area contributed by atoms with Crippen molar-refractivity contribution in [3.8, 4) is 22.4 Å². The van der Waals surface area contributed by atoms with E-state index in [0.29, 0.717) is 16.8 Å². The zero-order chi connectivity index (χ0) is 22.7. The Kier molecular flexibility index (Phi) is 5.59. The molecule has 0 bridgehead atoms. The van der Waals surface area contributed by atoms with Crippen LogP contribution in [-0.2, 0) is 7.05 Å². The number of hydrogen-bond acceptors (Lipinski definition) is 5. The smallest absolute Gasteiger partial charge is 0.280 e. The number of amides is 1. The Labute approximate surface area is 182 Å². The van der Waals surface area contributed by atoms with Crippen molar-refractivity contribution in [2.24, 2.45) is 7.05 Å². The Bertz CT molecular complexity index is 1370. The average molecular weight is 426 g/mol. The third kappa shape index (κ3) is 4.01. The zero-order valence-electron chi connectivity index (χ0n) is 17.1. The second-order valence-corrected chi connectivity index (χ2v) is 7.02. The molecule has 0 fully saturated rings. The van der Waals surface area contributed by atoms with Gasteiger partial charge in [-0.05, 0) is 11.6 Å². The second-order valence-electron chi connectivity index (χ2n) is 7.02. The number of benzene rings is 3. The Morgan fingerprint density at radius 3 is 2.19 bits per heavy atom. The summed E-state index contributed by atoms with van der Waals surface area (Å²) >= 11 is 0. The van der Waals surface area contributed by atoms with Crippen LogP contribution in [0, 0.1) is 10.1 Å². The maximum atomic E-state index is 13.3. The number of carbonyl (C=O) groups excluding carboxylic acids is 1. The third-order valence-corrected chi connectivity index (χ3v) is 4.90. The minimum atomic E-state index is -0.676. The first-order chi connectivity index (χ1) is 15.5. The van der Waals surface area contributed by atoms with Crippen LogP contribution in [0.3, 0.4) is 0 Å². The highest BCUT2D eigenvalue weighted by Gasteiger charge is 2.24. The molecule has 4 aromatic rings. The largest absolute Gasteiger partial charge is 0.322 e. The van der Waals surface area contributed by atoms with Crippen molar-refractivity contribution < 1.29 is 9.72 Å². The number of anilines is 1. The molecular weight excluding hydrogens is 408 g/mol. The number of hydrogen-bond donors (Lipinski definition) is 1. The first-order valence-electron chi connectivity index (χ1n) is 9.73. The maximum Gasteiger partial charge on any atom is 0.280 e. The fourth-order valence-electron chi connectivity index (χ4n) is 3.42. The molecule has 0 saturated heterocycles. The lowest BCUT2D eigenvalue weighted by atomic mass is 9.95. The van der Waals surface area contributed by atoms with E-state index >= 15 is 0 Å². The molecule has 8 heteroatoms. The third-order valence-electron chi connectivity index (χ3n) is 4.90. The lowest BCUT2D eigenvalue weighted by Gasteiger charge is -2.16. The molecule has 0 aliphatic carbocycles. The van der Waals surface area contributed by atoms with Gasteiger partial charge in [0, 0.05) is 36.0 Å². The van der Waals surface area contributed by atoms with Crippen molar-refractivity contribution in [3.05, 3.63) is 111 Å². The predicted molar refractivity (Wildman–Crippen MR) is 121 cm³/mol. The van der Waals surface area contributed by atoms with Crippen LogP contribution < -0.4 is 10.9 Å². The number of rotatable bonds is 5. The van der Waals surface area contributed by atoms with Crippen LogP contribution in [0.5, 0.6) is 0 Å². The Hall–Kier alpha value is -4.59. The van der Waals surface area contributed by atoms with Gasteiger partial charge in [-0.15, -0.1) is 0 Å². The quantitative estimate of drug-likeness (QED) is 0.379. The number of nitrogens with one attached hydrogen (secondary N) is 1. The van der Waals surface area contributed by atoms with E-state index in [-0.39, 0.29) is 16.9 Å². The molecule has 4 rings (SSSR count). The maximum absolute atomic E-state index is 13.3. The summed E-state index contributed by atoms with van der Waals surface area (Å²) in [5, 5.41) is 18.1. The van der Waals surface area contributed by atoms with Crippen LogP contribution in [0.1, 0.15) is 10.4 Å². The normalized spacial score (nSPS) is 10.5. The van der Waals surface area contributed by atoms with Crippen molar-refractivity contribution >= 4 is 17.3 Å². The monoisotopic (exact) mass is 426 g/mol. The molecule has 0 aliphatic rings. The molecule has 0 unspecified atom stereocenters. The van der Waals surface area contributed by atoms with E-state index in [9.17, 15) is 19.7 Å². The van der Waals surface area contributed by atoms with Crippen LogP contribution in [0.2, 0.25) is 0 Å². The van der Waals surface area contributed by atoms with Crippen molar-refractivity contribution in [2.75, 3.05) is 5.32 Å². The summed E-state index contributed by atoms with van der Waals surface area (Å²) in [6.45, 7) is 0. The number of nitro benzene ring substituents is 1. The number of non-ortho nitro benzene ring substituents is 1. The molecule has 0 saturated carbocycles. The summed E-state index contributed by atoms with van der Waals surface area (Å²) in [6, 6.07) is 23.9. The lowest BCUT2D eigenvalue weighted by Crippen LogP contribution is -2.31. The summed E-state index contributed by atoms with van der Waals surface area (Å²) < 4.78 is 1.12. The summed E-state index contributed by atoms with van der Waals surface area (Å²) in [6.07, 6.45) is 0. The average Bonchev–Trinajstić information content (AvgIpc) is 2.81. The van der Waals surface area contributed by atoms with Gasteiger partial charge in [0.1, 0.15) is 5.56 Å². The van der Waals surface area contributed by atoms with Crippen molar-refractivity contribution in [1.82, 2.24) is 9.78 Å². The highest BCUT2D eigenvalue weighted by molar-refractivity contribution is 6.10. The predicted octanol–water partition coefficient (Wildman–Crippen LogP) is 4.27. The van der Waals surface area contributed by atoms with Gasteiger partial charge in [0.2, 0.25) is 0 Å². The number of carbonyl (C=O) groups is 1. The van der Waals surface area contributed by atoms with Crippen LogP contribution in [0.25, 0.3) is 22.4 Å². The van der Waals surface area contributed by atoms with Gasteiger partial charge in [-0.2, -0.15) is 5.10 Å². The number of aryl methyl sites for hydroxylation is 1. The Morgan fingerprint density at radius 2 is 1.56 bits per heavy atom. The van der Waals surface area contributed by atoms with Gasteiger partial charge in [0.05, 0.1) is 10.6 Å². The molecule has 1 N–H and O–H groups in total. The number of aromatic nitrogens is 2. The standard InChI is InChI=1S/C24H18N4O4/c1-27-24(30)21(23(29)25-18-13-8-14-19(15-18)28(31)32)20(16-9-4-2-5-10-16)22(26-27)17-11-6-3-7-12-17/h2-15H,1H3,(H,25,29). The van der Waals surface area contributed by atoms with Crippen LogP contribution in [-0.4, -0.2) is 20.6 Å². The Balaban J connectivity index is 1.92. The molecule has 1 heterocycles. The van der Waals surface area contributed by atoms with Crippen molar-refractivity contribution in [2.45, 2.75) is 0 Å². The SMILES string of the molecule is Cn1nc(-c2ccccc2)c(-c2ccccc2)c(C(=O)Nc2cccc([N+](=O)[O-])c2)c1=O. The molecule has 0 atom stereocenters. The lowest BCUT2D eigenvalue weighted by molar-refractivity contribution is -0.384. The molecule has 8 nitrogen and oxygen atoms in total. The molecule has 1 aromatic heterocycles. The number of nitrogens with zero attached hydrogens (tertiary/aromatic N) is 3. The molecule has 0 radical (unpaired) electrons. The molecular formula is C24H18N4O4. The first-order valence-corrected chi connectivity index (χ1v) is 9.73. The molecule has 32 heavy (non-hydrogen) atoms. The van der Waals surface area contributed by atoms with Crippen LogP contribution in [0.4, 0.5) is 11.4 Å². The van der Waals surface area contributed by atoms with Gasteiger partial charge in [0.25, 0.3) is 17.2 Å². The van der Waals surface area contributed by atoms with Crippen molar-refractivity contribution in [1.29, 1.82) is 0 Å².